The van der Waals surface area contributed by atoms with Crippen molar-refractivity contribution in [1.82, 2.24) is 4.90 Å². The van der Waals surface area contributed by atoms with Gasteiger partial charge in [0, 0.05) is 35.2 Å². The van der Waals surface area contributed by atoms with Crippen LogP contribution in [0.4, 0.5) is 0 Å². The highest BCUT2D eigenvalue weighted by atomic mass is 35.5. The van der Waals surface area contributed by atoms with Gasteiger partial charge in [-0.3, -0.25) is 4.90 Å². The van der Waals surface area contributed by atoms with Crippen LogP contribution >= 0.6 is 23.2 Å². The molecule has 0 amide bonds. The van der Waals surface area contributed by atoms with Crippen LogP contribution in [-0.4, -0.2) is 29.7 Å². The molecule has 1 rings (SSSR count). The van der Waals surface area contributed by atoms with Crippen LogP contribution < -0.4 is 0 Å². The molecule has 4 heteroatoms. The second-order valence-electron chi connectivity index (χ2n) is 3.45. The largest absolute Gasteiger partial charge is 0.395 e. The highest BCUT2D eigenvalue weighted by Crippen LogP contribution is 2.25. The summed E-state index contributed by atoms with van der Waals surface area (Å²) in [4.78, 5) is 2.03. The molecule has 0 bridgehead atoms. The van der Waals surface area contributed by atoms with Gasteiger partial charge >= 0.3 is 0 Å². The second kappa shape index (κ2) is 6.92. The van der Waals surface area contributed by atoms with Crippen LogP contribution in [0.5, 0.6) is 0 Å². The molecule has 0 atom stereocenters. The lowest BCUT2D eigenvalue weighted by Gasteiger charge is -2.20. The van der Waals surface area contributed by atoms with E-state index in [1.165, 1.54) is 0 Å². The van der Waals surface area contributed by atoms with Crippen LogP contribution in [0.3, 0.4) is 0 Å². The molecule has 0 unspecified atom stereocenters. The van der Waals surface area contributed by atoms with Crippen molar-refractivity contribution < 1.29 is 5.11 Å². The molecule has 88 valence electrons. The fourth-order valence-corrected chi connectivity index (χ4v) is 1.98. The summed E-state index contributed by atoms with van der Waals surface area (Å²) < 4.78 is 0. The van der Waals surface area contributed by atoms with Gasteiger partial charge in [0.15, 0.2) is 0 Å². The fourth-order valence-electron chi connectivity index (χ4n) is 1.47. The predicted octanol–water partition coefficient (Wildman–Crippen LogP) is 2.97. The van der Waals surface area contributed by atoms with Crippen molar-refractivity contribution in [3.8, 4) is 0 Å². The summed E-state index contributed by atoms with van der Waals surface area (Å²) in [6.07, 6.45) is 1.79. The van der Waals surface area contributed by atoms with E-state index in [9.17, 15) is 0 Å². The van der Waals surface area contributed by atoms with Crippen LogP contribution in [-0.2, 0) is 6.54 Å². The monoisotopic (exact) mass is 259 g/mol. The van der Waals surface area contributed by atoms with E-state index in [0.29, 0.717) is 29.7 Å². The van der Waals surface area contributed by atoms with Crippen LogP contribution in [0.1, 0.15) is 5.56 Å². The summed E-state index contributed by atoms with van der Waals surface area (Å²) in [5.74, 6) is 0. The molecule has 0 heterocycles. The van der Waals surface area contributed by atoms with Crippen molar-refractivity contribution in [1.29, 1.82) is 0 Å². The Morgan fingerprint density at radius 2 is 1.94 bits per heavy atom. The quantitative estimate of drug-likeness (QED) is 0.795. The number of rotatable bonds is 6. The van der Waals surface area contributed by atoms with Gasteiger partial charge in [-0.15, -0.1) is 6.58 Å². The minimum atomic E-state index is 0.107. The SMILES string of the molecule is C=CCN(CCO)Cc1c(Cl)cccc1Cl. The average Bonchev–Trinajstić information content (AvgIpc) is 2.24. The number of hydrogen-bond acceptors (Lipinski definition) is 2. The van der Waals surface area contributed by atoms with E-state index in [2.05, 4.69) is 6.58 Å². The number of hydrogen-bond donors (Lipinski definition) is 1. The van der Waals surface area contributed by atoms with E-state index in [1.807, 2.05) is 23.1 Å². The van der Waals surface area contributed by atoms with Gasteiger partial charge in [0.05, 0.1) is 6.61 Å². The lowest BCUT2D eigenvalue weighted by molar-refractivity contribution is 0.203. The maximum atomic E-state index is 8.94. The van der Waals surface area contributed by atoms with Gasteiger partial charge in [0.25, 0.3) is 0 Å². The smallest absolute Gasteiger partial charge is 0.0558 e. The Morgan fingerprint density at radius 1 is 1.31 bits per heavy atom. The summed E-state index contributed by atoms with van der Waals surface area (Å²) >= 11 is 12.1. The third-order valence-corrected chi connectivity index (χ3v) is 2.96. The normalized spacial score (nSPS) is 10.8. The Morgan fingerprint density at radius 3 is 2.44 bits per heavy atom. The molecule has 0 aromatic heterocycles. The van der Waals surface area contributed by atoms with Crippen LogP contribution in [0.2, 0.25) is 10.0 Å². The zero-order chi connectivity index (χ0) is 12.0. The Hall–Kier alpha value is -0.540. The van der Waals surface area contributed by atoms with Crippen LogP contribution in [0, 0.1) is 0 Å². The van der Waals surface area contributed by atoms with Crippen LogP contribution in [0.25, 0.3) is 0 Å². The molecule has 0 radical (unpaired) electrons. The lowest BCUT2D eigenvalue weighted by atomic mass is 10.2. The molecule has 0 saturated carbocycles. The second-order valence-corrected chi connectivity index (χ2v) is 4.26. The van der Waals surface area contributed by atoms with Gasteiger partial charge in [-0.2, -0.15) is 0 Å². The zero-order valence-electron chi connectivity index (χ0n) is 9.00. The molecular weight excluding hydrogens is 245 g/mol. The molecule has 0 aliphatic rings. The van der Waals surface area contributed by atoms with Gasteiger partial charge < -0.3 is 5.11 Å². The number of benzene rings is 1. The first-order chi connectivity index (χ1) is 7.69. The first kappa shape index (κ1) is 13.5. The van der Waals surface area contributed by atoms with E-state index in [-0.39, 0.29) is 6.61 Å². The fraction of sp³-hybridized carbons (Fsp3) is 0.333. The highest BCUT2D eigenvalue weighted by molar-refractivity contribution is 6.35. The summed E-state index contributed by atoms with van der Waals surface area (Å²) in [6, 6.07) is 5.44. The van der Waals surface area contributed by atoms with Gasteiger partial charge in [0.2, 0.25) is 0 Å². The standard InChI is InChI=1S/C12H15Cl2NO/c1-2-6-15(7-8-16)9-10-11(13)4-3-5-12(10)14/h2-5,16H,1,6-9H2. The maximum Gasteiger partial charge on any atom is 0.0558 e. The summed E-state index contributed by atoms with van der Waals surface area (Å²) in [5.41, 5.74) is 0.890. The Labute approximate surface area is 106 Å². The van der Waals surface area contributed by atoms with Crippen molar-refractivity contribution in [2.24, 2.45) is 0 Å². The van der Waals surface area contributed by atoms with Gasteiger partial charge in [-0.05, 0) is 12.1 Å². The van der Waals surface area contributed by atoms with Crippen molar-refractivity contribution in [2.45, 2.75) is 6.54 Å². The van der Waals surface area contributed by atoms with Crippen LogP contribution in [0.15, 0.2) is 30.9 Å². The molecule has 1 aromatic rings. The van der Waals surface area contributed by atoms with E-state index in [4.69, 9.17) is 28.3 Å². The first-order valence-corrected chi connectivity index (χ1v) is 5.81. The van der Waals surface area contributed by atoms with Crippen molar-refractivity contribution in [3.63, 3.8) is 0 Å². The topological polar surface area (TPSA) is 23.5 Å². The third-order valence-electron chi connectivity index (χ3n) is 2.25. The molecule has 16 heavy (non-hydrogen) atoms. The summed E-state index contributed by atoms with van der Waals surface area (Å²) in [7, 11) is 0. The van der Waals surface area contributed by atoms with Crippen molar-refractivity contribution in [2.75, 3.05) is 19.7 Å². The predicted molar refractivity (Wildman–Crippen MR) is 69.0 cm³/mol. The first-order valence-electron chi connectivity index (χ1n) is 5.06. The van der Waals surface area contributed by atoms with Gasteiger partial charge in [-0.25, -0.2) is 0 Å². The summed E-state index contributed by atoms with van der Waals surface area (Å²) in [5, 5.41) is 10.2. The third kappa shape index (κ3) is 3.80. The van der Waals surface area contributed by atoms with Gasteiger partial charge in [0.1, 0.15) is 0 Å². The maximum absolute atomic E-state index is 8.94. The number of nitrogens with zero attached hydrogens (tertiary/aromatic N) is 1. The van der Waals surface area contributed by atoms with E-state index < -0.39 is 0 Å². The molecule has 1 aromatic carbocycles. The Kier molecular flexibility index (Phi) is 5.85. The molecular formula is C12H15Cl2NO. The molecule has 0 aliphatic carbocycles. The molecule has 0 fully saturated rings. The lowest BCUT2D eigenvalue weighted by Crippen LogP contribution is -2.26. The number of halogens is 2. The molecule has 1 N–H and O–H groups in total. The van der Waals surface area contributed by atoms with Crippen molar-refractivity contribution >= 4 is 23.2 Å². The number of aliphatic hydroxyl groups is 1. The van der Waals surface area contributed by atoms with E-state index >= 15 is 0 Å². The van der Waals surface area contributed by atoms with Crippen molar-refractivity contribution in [3.05, 3.63) is 46.5 Å². The number of aliphatic hydroxyl groups excluding tert-OH is 1. The van der Waals surface area contributed by atoms with E-state index in [0.717, 1.165) is 5.56 Å². The Balaban J connectivity index is 2.79. The van der Waals surface area contributed by atoms with E-state index in [1.54, 1.807) is 6.08 Å². The Bertz CT molecular complexity index is 335. The minimum Gasteiger partial charge on any atom is -0.395 e. The molecule has 0 spiro atoms. The van der Waals surface area contributed by atoms with Gasteiger partial charge in [-0.1, -0.05) is 35.3 Å². The average molecular weight is 260 g/mol. The highest BCUT2D eigenvalue weighted by Gasteiger charge is 2.09. The molecule has 0 aliphatic heterocycles. The molecule has 2 nitrogen and oxygen atoms in total. The minimum absolute atomic E-state index is 0.107. The summed E-state index contributed by atoms with van der Waals surface area (Å²) in [6.45, 7) is 5.68. The molecule has 0 saturated heterocycles. The zero-order valence-corrected chi connectivity index (χ0v) is 10.5.